The molecule has 1 aliphatic rings. The third-order valence-corrected chi connectivity index (χ3v) is 5.37. The highest BCUT2D eigenvalue weighted by Crippen LogP contribution is 2.39. The highest BCUT2D eigenvalue weighted by Gasteiger charge is 2.24. The summed E-state index contributed by atoms with van der Waals surface area (Å²) in [5.74, 6) is 1.13. The lowest BCUT2D eigenvalue weighted by molar-refractivity contribution is 0.314. The van der Waals surface area contributed by atoms with Gasteiger partial charge in [-0.2, -0.15) is 4.98 Å². The first kappa shape index (κ1) is 12.6. The number of rotatable bonds is 1. The van der Waals surface area contributed by atoms with Crippen LogP contribution in [0.3, 0.4) is 0 Å². The highest BCUT2D eigenvalue weighted by atomic mass is 32.2. The summed E-state index contributed by atoms with van der Waals surface area (Å²) in [4.78, 5) is 9.14. The van der Waals surface area contributed by atoms with E-state index in [2.05, 4.69) is 38.9 Å². The fourth-order valence-electron chi connectivity index (χ4n) is 2.47. The molecule has 21 heavy (non-hydrogen) atoms. The van der Waals surface area contributed by atoms with Crippen LogP contribution in [0.1, 0.15) is 5.56 Å². The van der Waals surface area contributed by atoms with E-state index >= 15 is 0 Å². The molecular formula is C15H15N4OS+. The van der Waals surface area contributed by atoms with Crippen molar-refractivity contribution in [2.45, 2.75) is 6.54 Å². The first-order valence-electron chi connectivity index (χ1n) is 6.83. The predicted molar refractivity (Wildman–Crippen MR) is 85.0 cm³/mol. The van der Waals surface area contributed by atoms with E-state index in [1.807, 2.05) is 12.1 Å². The molecule has 0 saturated heterocycles. The zero-order valence-electron chi connectivity index (χ0n) is 11.4. The number of nitrogen functional groups attached to an aromatic ring is 1. The number of hydrogen-bond donors (Lipinski definition) is 2. The molecule has 1 aliphatic heterocycles. The minimum Gasteiger partial charge on any atom is -0.476 e. The van der Waals surface area contributed by atoms with Crippen LogP contribution in [0.4, 0.5) is 5.82 Å². The topological polar surface area (TPSA) is 73.1 Å². The van der Waals surface area contributed by atoms with Crippen molar-refractivity contribution in [3.8, 4) is 11.0 Å². The normalized spacial score (nSPS) is 15.3. The molecule has 3 aromatic rings. The van der Waals surface area contributed by atoms with Crippen LogP contribution in [0.2, 0.25) is 0 Å². The molecule has 3 heterocycles. The van der Waals surface area contributed by atoms with E-state index in [1.54, 1.807) is 0 Å². The van der Waals surface area contributed by atoms with Crippen molar-refractivity contribution in [3.63, 3.8) is 0 Å². The summed E-state index contributed by atoms with van der Waals surface area (Å²) in [5, 5.41) is 7.35. The van der Waals surface area contributed by atoms with Gasteiger partial charge in [-0.3, -0.25) is 0 Å². The summed E-state index contributed by atoms with van der Waals surface area (Å²) in [7, 11) is -0.263. The van der Waals surface area contributed by atoms with Crippen molar-refractivity contribution in [3.05, 3.63) is 41.3 Å². The number of nitrogens with one attached hydrogen (secondary N) is 1. The van der Waals surface area contributed by atoms with Gasteiger partial charge in [0.05, 0.1) is 16.0 Å². The number of fused-ring (bicyclic) bond motifs is 2. The van der Waals surface area contributed by atoms with Crippen molar-refractivity contribution >= 4 is 26.4 Å². The van der Waals surface area contributed by atoms with Gasteiger partial charge in [0.2, 0.25) is 5.88 Å². The SMILES string of the molecule is Nc1nc(-[s+]2ccc3ccccc32)nc2c1CNCCO2. The van der Waals surface area contributed by atoms with Crippen LogP contribution in [0, 0.1) is 0 Å². The third kappa shape index (κ3) is 2.12. The first-order valence-corrected chi connectivity index (χ1v) is 8.12. The second kappa shape index (κ2) is 4.98. The molecule has 0 spiro atoms. The van der Waals surface area contributed by atoms with E-state index in [9.17, 15) is 0 Å². The molecule has 0 amide bonds. The fraction of sp³-hybridized carbons (Fsp3) is 0.200. The van der Waals surface area contributed by atoms with Gasteiger partial charge in [0.15, 0.2) is 4.70 Å². The molecule has 0 saturated carbocycles. The summed E-state index contributed by atoms with van der Waals surface area (Å²) < 4.78 is 6.94. The predicted octanol–water partition coefficient (Wildman–Crippen LogP) is 2.43. The number of ether oxygens (including phenoxy) is 1. The minimum atomic E-state index is -0.263. The second-order valence-electron chi connectivity index (χ2n) is 4.88. The monoisotopic (exact) mass is 299 g/mol. The second-order valence-corrected chi connectivity index (χ2v) is 6.63. The van der Waals surface area contributed by atoms with Gasteiger partial charge < -0.3 is 15.8 Å². The molecule has 0 bridgehead atoms. The fourth-order valence-corrected chi connectivity index (χ4v) is 4.21. The third-order valence-electron chi connectivity index (χ3n) is 3.54. The maximum atomic E-state index is 6.11. The summed E-state index contributed by atoms with van der Waals surface area (Å²) in [6.07, 6.45) is 0. The largest absolute Gasteiger partial charge is 0.476 e. The standard InChI is InChI=1S/C15H15N4OS/c16-13-11-9-17-6-7-20-14(11)19-15(18-13)21-8-5-10-3-1-2-4-12(10)21/h1-5,8,17H,6-7,9H2,(H2,16,18,19)/q+1. The van der Waals surface area contributed by atoms with Crippen molar-refractivity contribution < 1.29 is 4.74 Å². The van der Waals surface area contributed by atoms with Crippen LogP contribution in [0.5, 0.6) is 5.88 Å². The number of benzene rings is 1. The Labute approximate surface area is 124 Å². The lowest BCUT2D eigenvalue weighted by atomic mass is 10.3. The van der Waals surface area contributed by atoms with Gasteiger partial charge in [-0.25, -0.2) is 0 Å². The molecule has 3 N–H and O–H groups in total. The maximum Gasteiger partial charge on any atom is 0.377 e. The van der Waals surface area contributed by atoms with E-state index in [1.165, 1.54) is 10.1 Å². The Morgan fingerprint density at radius 2 is 2.10 bits per heavy atom. The van der Waals surface area contributed by atoms with E-state index in [-0.39, 0.29) is 10.5 Å². The van der Waals surface area contributed by atoms with Gasteiger partial charge in [0, 0.05) is 24.5 Å². The van der Waals surface area contributed by atoms with Crippen molar-refractivity contribution in [2.24, 2.45) is 0 Å². The van der Waals surface area contributed by atoms with Crippen LogP contribution >= 0.6 is 10.5 Å². The molecule has 106 valence electrons. The summed E-state index contributed by atoms with van der Waals surface area (Å²) in [6.45, 7) is 2.05. The Kier molecular flexibility index (Phi) is 2.98. The Balaban J connectivity index is 1.89. The average molecular weight is 299 g/mol. The molecule has 1 atom stereocenters. The lowest BCUT2D eigenvalue weighted by Gasteiger charge is -2.06. The summed E-state index contributed by atoms with van der Waals surface area (Å²) in [5.41, 5.74) is 6.97. The number of nitrogens with zero attached hydrogens (tertiary/aromatic N) is 2. The Bertz CT molecular complexity index is 815. The van der Waals surface area contributed by atoms with Gasteiger partial charge in [-0.1, -0.05) is 12.1 Å². The van der Waals surface area contributed by atoms with Crippen LogP contribution in [0.25, 0.3) is 15.2 Å². The molecular weight excluding hydrogens is 284 g/mol. The number of nitrogens with two attached hydrogens (primary N) is 1. The van der Waals surface area contributed by atoms with Gasteiger partial charge in [-0.15, -0.1) is 4.98 Å². The lowest BCUT2D eigenvalue weighted by Crippen LogP contribution is -2.16. The minimum absolute atomic E-state index is 0.263. The average Bonchev–Trinajstić information content (AvgIpc) is 2.78. The molecule has 1 unspecified atom stereocenters. The van der Waals surface area contributed by atoms with Crippen LogP contribution in [-0.4, -0.2) is 23.1 Å². The molecule has 0 fully saturated rings. The molecule has 4 rings (SSSR count). The summed E-state index contributed by atoms with van der Waals surface area (Å²) >= 11 is 0. The van der Waals surface area contributed by atoms with E-state index in [0.717, 1.165) is 17.3 Å². The molecule has 2 aromatic heterocycles. The van der Waals surface area contributed by atoms with E-state index < -0.39 is 0 Å². The molecule has 0 radical (unpaired) electrons. The van der Waals surface area contributed by atoms with E-state index in [0.29, 0.717) is 24.8 Å². The molecule has 0 aliphatic carbocycles. The van der Waals surface area contributed by atoms with Crippen molar-refractivity contribution in [1.29, 1.82) is 0 Å². The zero-order chi connectivity index (χ0) is 14.2. The van der Waals surface area contributed by atoms with Gasteiger partial charge in [-0.05, 0) is 12.1 Å². The first-order chi connectivity index (χ1) is 10.3. The van der Waals surface area contributed by atoms with Crippen LogP contribution in [-0.2, 0) is 6.54 Å². The quantitative estimate of drug-likeness (QED) is 0.675. The number of hydrogen-bond acceptors (Lipinski definition) is 5. The Morgan fingerprint density at radius 1 is 1.19 bits per heavy atom. The van der Waals surface area contributed by atoms with Gasteiger partial charge >= 0.3 is 5.16 Å². The summed E-state index contributed by atoms with van der Waals surface area (Å²) in [6, 6.07) is 10.4. The molecule has 6 heteroatoms. The number of anilines is 1. The zero-order valence-corrected chi connectivity index (χ0v) is 12.2. The molecule has 1 aromatic carbocycles. The highest BCUT2D eigenvalue weighted by molar-refractivity contribution is 7.43. The van der Waals surface area contributed by atoms with Crippen LogP contribution in [0.15, 0.2) is 35.7 Å². The molecule has 5 nitrogen and oxygen atoms in total. The van der Waals surface area contributed by atoms with Crippen molar-refractivity contribution in [1.82, 2.24) is 15.3 Å². The Hall–Kier alpha value is -2.18. The van der Waals surface area contributed by atoms with E-state index in [4.69, 9.17) is 10.5 Å². The number of aromatic nitrogens is 2. The van der Waals surface area contributed by atoms with Gasteiger partial charge in [0.1, 0.15) is 17.8 Å². The maximum absolute atomic E-state index is 6.11. The van der Waals surface area contributed by atoms with Crippen molar-refractivity contribution in [2.75, 3.05) is 18.9 Å². The Morgan fingerprint density at radius 3 is 3.05 bits per heavy atom. The van der Waals surface area contributed by atoms with Crippen LogP contribution < -0.4 is 15.8 Å². The van der Waals surface area contributed by atoms with Gasteiger partial charge in [0.25, 0.3) is 0 Å². The number of thiophene rings is 1. The smallest absolute Gasteiger partial charge is 0.377 e.